The van der Waals surface area contributed by atoms with Crippen LogP contribution in [0.2, 0.25) is 0 Å². The number of carbonyl (C=O) groups is 1. The second-order valence-electron chi connectivity index (χ2n) is 8.32. The number of nitrogens with one attached hydrogen (secondary N) is 1. The van der Waals surface area contributed by atoms with Crippen molar-refractivity contribution in [2.24, 2.45) is 0 Å². The van der Waals surface area contributed by atoms with Crippen molar-refractivity contribution in [3.8, 4) is 22.8 Å². The van der Waals surface area contributed by atoms with E-state index in [4.69, 9.17) is 14.3 Å². The molecule has 0 saturated heterocycles. The van der Waals surface area contributed by atoms with Gasteiger partial charge in [0.1, 0.15) is 30.5 Å². The van der Waals surface area contributed by atoms with Crippen molar-refractivity contribution in [3.63, 3.8) is 0 Å². The number of aromatic nitrogens is 1. The smallest absolute Gasteiger partial charge is 0.345 e. The van der Waals surface area contributed by atoms with Crippen LogP contribution in [0.1, 0.15) is 11.1 Å². The lowest BCUT2D eigenvalue weighted by Crippen LogP contribution is -2.29. The van der Waals surface area contributed by atoms with Crippen LogP contribution in [-0.2, 0) is 16.1 Å². The number of nitrogens with zero attached hydrogens (tertiary/aromatic N) is 1. The van der Waals surface area contributed by atoms with Crippen LogP contribution in [-0.4, -0.2) is 35.4 Å². The van der Waals surface area contributed by atoms with E-state index in [2.05, 4.69) is 17.0 Å². The summed E-state index contributed by atoms with van der Waals surface area (Å²) in [6.45, 7) is 4.57. The highest BCUT2D eigenvalue weighted by molar-refractivity contribution is 5.73. The Balaban J connectivity index is 1.18. The zero-order valence-corrected chi connectivity index (χ0v) is 20.5. The fourth-order valence-electron chi connectivity index (χ4n) is 3.57. The molecular formula is C30H27FN2O5. The summed E-state index contributed by atoms with van der Waals surface area (Å²) >= 11 is 0. The van der Waals surface area contributed by atoms with E-state index in [9.17, 15) is 14.3 Å². The summed E-state index contributed by atoms with van der Waals surface area (Å²) in [5.41, 5.74) is 7.02. The highest BCUT2D eigenvalue weighted by Gasteiger charge is 2.20. The van der Waals surface area contributed by atoms with Gasteiger partial charge in [0, 0.05) is 18.2 Å². The van der Waals surface area contributed by atoms with Crippen molar-refractivity contribution >= 4 is 11.7 Å². The molecule has 2 N–H and O–H groups in total. The Morgan fingerprint density at radius 1 is 0.921 bits per heavy atom. The van der Waals surface area contributed by atoms with Crippen molar-refractivity contribution in [2.75, 3.05) is 13.2 Å². The number of aliphatic carboxylic acids is 1. The van der Waals surface area contributed by atoms with Gasteiger partial charge in [0.05, 0.1) is 11.4 Å². The largest absolute Gasteiger partial charge is 0.491 e. The Kier molecular flexibility index (Phi) is 9.04. The molecule has 0 aliphatic heterocycles. The molecule has 0 radical (unpaired) electrons. The molecule has 0 aliphatic carbocycles. The molecule has 0 bridgehead atoms. The fraction of sp³-hybridized carbons (Fsp3) is 0.133. The minimum Gasteiger partial charge on any atom is -0.491 e. The number of rotatable bonds is 13. The highest BCUT2D eigenvalue weighted by atomic mass is 19.1. The average molecular weight is 515 g/mol. The second kappa shape index (κ2) is 13.0. The molecule has 8 heteroatoms. The first kappa shape index (κ1) is 26.4. The van der Waals surface area contributed by atoms with E-state index in [1.165, 1.54) is 24.3 Å². The molecule has 1 atom stereocenters. The molecule has 0 fully saturated rings. The van der Waals surface area contributed by atoms with Crippen LogP contribution in [0.15, 0.2) is 104 Å². The Hall–Kier alpha value is -4.69. The number of hydrogen-bond donors (Lipinski definition) is 2. The van der Waals surface area contributed by atoms with Crippen LogP contribution in [0.5, 0.6) is 11.5 Å². The Morgan fingerprint density at radius 2 is 1.63 bits per heavy atom. The number of carboxylic acid groups (broad SMARTS) is 1. The topological polar surface area (TPSA) is 89.9 Å². The molecule has 7 nitrogen and oxygen atoms in total. The van der Waals surface area contributed by atoms with E-state index in [0.29, 0.717) is 18.1 Å². The number of pyridine rings is 1. The van der Waals surface area contributed by atoms with Crippen molar-refractivity contribution < 1.29 is 28.6 Å². The third kappa shape index (κ3) is 7.65. The minimum absolute atomic E-state index is 0.144. The van der Waals surface area contributed by atoms with Gasteiger partial charge < -0.3 is 14.6 Å². The first-order chi connectivity index (χ1) is 18.5. The van der Waals surface area contributed by atoms with E-state index in [1.807, 2.05) is 42.5 Å². The molecule has 0 saturated carbocycles. The summed E-state index contributed by atoms with van der Waals surface area (Å²) in [7, 11) is 0. The molecule has 0 amide bonds. The zero-order chi connectivity index (χ0) is 26.7. The third-order valence-electron chi connectivity index (χ3n) is 5.56. The maximum absolute atomic E-state index is 13.1. The summed E-state index contributed by atoms with van der Waals surface area (Å²) < 4.78 is 24.3. The number of hydroxylamine groups is 1. The van der Waals surface area contributed by atoms with Crippen LogP contribution in [0.3, 0.4) is 0 Å². The zero-order valence-electron chi connectivity index (χ0n) is 20.5. The molecule has 0 aliphatic rings. The van der Waals surface area contributed by atoms with Crippen molar-refractivity contribution in [1.82, 2.24) is 10.5 Å². The lowest BCUT2D eigenvalue weighted by molar-refractivity contribution is -0.145. The third-order valence-corrected chi connectivity index (χ3v) is 5.56. The first-order valence-corrected chi connectivity index (χ1v) is 11.9. The van der Waals surface area contributed by atoms with Crippen molar-refractivity contribution in [2.45, 2.75) is 12.5 Å². The van der Waals surface area contributed by atoms with Gasteiger partial charge in [0.25, 0.3) is 0 Å². The van der Waals surface area contributed by atoms with E-state index < -0.39 is 17.9 Å². The van der Waals surface area contributed by atoms with Crippen molar-refractivity contribution in [1.29, 1.82) is 0 Å². The highest BCUT2D eigenvalue weighted by Crippen LogP contribution is 2.20. The van der Waals surface area contributed by atoms with Gasteiger partial charge in [0.2, 0.25) is 0 Å². The molecule has 1 unspecified atom stereocenters. The lowest BCUT2D eigenvalue weighted by atomic mass is 10.1. The Bertz CT molecular complexity index is 1330. The lowest BCUT2D eigenvalue weighted by Gasteiger charge is -2.15. The average Bonchev–Trinajstić information content (AvgIpc) is 2.95. The van der Waals surface area contributed by atoms with E-state index in [0.717, 1.165) is 22.4 Å². The molecule has 3 aromatic carbocycles. The number of hydrogen-bond acceptors (Lipinski definition) is 6. The number of halogens is 1. The van der Waals surface area contributed by atoms with Gasteiger partial charge in [-0.1, -0.05) is 49.0 Å². The fourth-order valence-corrected chi connectivity index (χ4v) is 3.57. The quantitative estimate of drug-likeness (QED) is 0.179. The van der Waals surface area contributed by atoms with Gasteiger partial charge in [-0.15, -0.1) is 0 Å². The van der Waals surface area contributed by atoms with Gasteiger partial charge in [-0.3, -0.25) is 15.3 Å². The predicted octanol–water partition coefficient (Wildman–Crippen LogP) is 5.53. The van der Waals surface area contributed by atoms with Crippen molar-refractivity contribution in [3.05, 3.63) is 121 Å². The molecule has 38 heavy (non-hydrogen) atoms. The molecule has 4 aromatic rings. The maximum atomic E-state index is 13.1. The number of benzene rings is 3. The summed E-state index contributed by atoms with van der Waals surface area (Å²) in [5, 5.41) is 9.49. The summed E-state index contributed by atoms with van der Waals surface area (Å²) in [4.78, 5) is 21.4. The second-order valence-corrected chi connectivity index (χ2v) is 8.32. The van der Waals surface area contributed by atoms with Gasteiger partial charge >= 0.3 is 5.97 Å². The Labute approximate surface area is 220 Å². The SMILES string of the molecule is C=C(NOCCOc1ccc(CC(Oc2ccc(F)cc2)C(=O)O)cc1)c1ccc(-c2ccccn2)cc1. The predicted molar refractivity (Wildman–Crippen MR) is 142 cm³/mol. The van der Waals surface area contributed by atoms with Crippen LogP contribution < -0.4 is 15.0 Å². The normalized spacial score (nSPS) is 11.4. The van der Waals surface area contributed by atoms with E-state index in [-0.39, 0.29) is 18.8 Å². The molecular weight excluding hydrogens is 487 g/mol. The molecule has 194 valence electrons. The van der Waals surface area contributed by atoms with Gasteiger partial charge in [-0.2, -0.15) is 0 Å². The summed E-state index contributed by atoms with van der Waals surface area (Å²) in [5.74, 6) is -0.619. The number of carboxylic acids is 1. The van der Waals surface area contributed by atoms with Gasteiger partial charge in [-0.05, 0) is 59.7 Å². The standard InChI is InChI=1S/C30H27FN2O5/c1-21(23-7-9-24(10-8-23)28-4-2-3-17-32-28)33-37-19-18-36-26-13-5-22(6-14-26)20-29(30(34)35)38-27-15-11-25(31)12-16-27/h2-17,29,33H,1,18-20H2,(H,34,35). The monoisotopic (exact) mass is 514 g/mol. The molecule has 1 heterocycles. The summed E-state index contributed by atoms with van der Waals surface area (Å²) in [6.07, 6.45) is 0.798. The van der Waals surface area contributed by atoms with Crippen LogP contribution in [0, 0.1) is 5.82 Å². The van der Waals surface area contributed by atoms with Crippen LogP contribution in [0.25, 0.3) is 17.0 Å². The van der Waals surface area contributed by atoms with Crippen LogP contribution in [0.4, 0.5) is 4.39 Å². The minimum atomic E-state index is -1.11. The molecule has 0 spiro atoms. The van der Waals surface area contributed by atoms with E-state index >= 15 is 0 Å². The molecule has 4 rings (SSSR count). The summed E-state index contributed by atoms with van der Waals surface area (Å²) in [6, 6.07) is 25.9. The molecule has 1 aromatic heterocycles. The number of ether oxygens (including phenoxy) is 2. The maximum Gasteiger partial charge on any atom is 0.345 e. The first-order valence-electron chi connectivity index (χ1n) is 11.9. The van der Waals surface area contributed by atoms with Gasteiger partial charge in [0.15, 0.2) is 6.10 Å². The van der Waals surface area contributed by atoms with Gasteiger partial charge in [-0.25, -0.2) is 9.18 Å². The van der Waals surface area contributed by atoms with E-state index in [1.54, 1.807) is 30.5 Å². The Morgan fingerprint density at radius 3 is 2.29 bits per heavy atom. The van der Waals surface area contributed by atoms with Crippen LogP contribution >= 0.6 is 0 Å².